The quantitative estimate of drug-likeness (QED) is 0.747. The molecule has 0 aliphatic heterocycles. The van der Waals surface area contributed by atoms with Gasteiger partial charge in [0.05, 0.1) is 6.61 Å². The highest BCUT2D eigenvalue weighted by molar-refractivity contribution is 7.17. The number of carbonyl (C=O) groups excluding carboxylic acids is 1. The fourth-order valence-electron chi connectivity index (χ4n) is 1.30. The van der Waals surface area contributed by atoms with Crippen molar-refractivity contribution in [2.24, 2.45) is 5.92 Å². The summed E-state index contributed by atoms with van der Waals surface area (Å²) in [5.74, 6) is 0.101. The Hall–Kier alpha value is -1.21. The normalized spacial score (nSPS) is 12.2. The van der Waals surface area contributed by atoms with Crippen molar-refractivity contribution >= 4 is 22.4 Å². The molecule has 0 aliphatic rings. The Bertz CT molecular complexity index is 370. The largest absolute Gasteiger partial charge is 0.384 e. The van der Waals surface area contributed by atoms with Gasteiger partial charge in [-0.05, 0) is 12.3 Å². The lowest BCUT2D eigenvalue weighted by Gasteiger charge is -2.09. The minimum atomic E-state index is -0.181. The van der Waals surface area contributed by atoms with Crippen LogP contribution in [0.4, 0.5) is 5.13 Å². The third-order valence-electron chi connectivity index (χ3n) is 2.21. The van der Waals surface area contributed by atoms with Gasteiger partial charge >= 0.3 is 0 Å². The number of rotatable bonds is 8. The first-order valence-electron chi connectivity index (χ1n) is 6.01. The Labute approximate surface area is 111 Å². The number of ether oxygens (including phenoxy) is 1. The molecule has 0 aromatic carbocycles. The van der Waals surface area contributed by atoms with Crippen LogP contribution in [-0.4, -0.2) is 42.9 Å². The van der Waals surface area contributed by atoms with Crippen molar-refractivity contribution in [3.63, 3.8) is 0 Å². The molecular weight excluding hydrogens is 252 g/mol. The molecule has 2 N–H and O–H groups in total. The van der Waals surface area contributed by atoms with Crippen LogP contribution in [0.3, 0.4) is 0 Å². The van der Waals surface area contributed by atoms with Gasteiger partial charge in [-0.2, -0.15) is 0 Å². The first kappa shape index (κ1) is 14.8. The van der Waals surface area contributed by atoms with E-state index in [0.29, 0.717) is 23.3 Å². The van der Waals surface area contributed by atoms with Gasteiger partial charge in [-0.15, -0.1) is 10.2 Å². The number of nitrogens with zero attached hydrogens (tertiary/aromatic N) is 2. The third-order valence-corrected chi connectivity index (χ3v) is 3.09. The van der Waals surface area contributed by atoms with Gasteiger partial charge in [0.25, 0.3) is 5.91 Å². The molecule has 0 fully saturated rings. The molecule has 0 saturated carbocycles. The lowest BCUT2D eigenvalue weighted by atomic mass is 10.2. The summed E-state index contributed by atoms with van der Waals surface area (Å²) in [6, 6.07) is 0. The lowest BCUT2D eigenvalue weighted by Crippen LogP contribution is -2.29. The molecule has 1 amide bonds. The van der Waals surface area contributed by atoms with Gasteiger partial charge in [-0.25, -0.2) is 0 Å². The van der Waals surface area contributed by atoms with E-state index >= 15 is 0 Å². The molecule has 1 unspecified atom stereocenters. The number of carbonyl (C=O) groups is 1. The molecular formula is C11H20N4O2S. The predicted molar refractivity (Wildman–Crippen MR) is 72.1 cm³/mol. The van der Waals surface area contributed by atoms with Crippen LogP contribution in [0.1, 0.15) is 30.1 Å². The third kappa shape index (κ3) is 4.97. The first-order valence-corrected chi connectivity index (χ1v) is 6.83. The maximum atomic E-state index is 11.8. The van der Waals surface area contributed by atoms with Crippen LogP contribution < -0.4 is 10.6 Å². The lowest BCUT2D eigenvalue weighted by molar-refractivity contribution is 0.0933. The SMILES string of the molecule is CCCNc1nnc(C(=O)NCC(C)COC)s1. The van der Waals surface area contributed by atoms with Gasteiger partial charge in [-0.3, -0.25) is 4.79 Å². The zero-order valence-electron chi connectivity index (χ0n) is 11.0. The fraction of sp³-hybridized carbons (Fsp3) is 0.727. The summed E-state index contributed by atoms with van der Waals surface area (Å²) in [5.41, 5.74) is 0. The standard InChI is InChI=1S/C11H20N4O2S/c1-4-5-12-11-15-14-10(18-11)9(16)13-6-8(2)7-17-3/h8H,4-7H2,1-3H3,(H,12,15)(H,13,16). The van der Waals surface area contributed by atoms with Gasteiger partial charge < -0.3 is 15.4 Å². The monoisotopic (exact) mass is 272 g/mol. The van der Waals surface area contributed by atoms with Crippen LogP contribution in [0.15, 0.2) is 0 Å². The maximum Gasteiger partial charge on any atom is 0.282 e. The molecule has 0 bridgehead atoms. The van der Waals surface area contributed by atoms with E-state index in [-0.39, 0.29) is 11.8 Å². The zero-order chi connectivity index (χ0) is 13.4. The highest BCUT2D eigenvalue weighted by Gasteiger charge is 2.13. The number of amides is 1. The van der Waals surface area contributed by atoms with Gasteiger partial charge in [-0.1, -0.05) is 25.2 Å². The molecule has 0 radical (unpaired) electrons. The van der Waals surface area contributed by atoms with Crippen LogP contribution in [0.25, 0.3) is 0 Å². The molecule has 1 aromatic heterocycles. The van der Waals surface area contributed by atoms with Crippen molar-refractivity contribution in [3.05, 3.63) is 5.01 Å². The summed E-state index contributed by atoms with van der Waals surface area (Å²) in [4.78, 5) is 11.8. The number of hydrogen-bond acceptors (Lipinski definition) is 6. The number of methoxy groups -OCH3 is 1. The molecule has 1 aromatic rings. The zero-order valence-corrected chi connectivity index (χ0v) is 11.8. The molecule has 1 atom stereocenters. The number of anilines is 1. The molecule has 0 saturated heterocycles. The molecule has 18 heavy (non-hydrogen) atoms. The second-order valence-electron chi connectivity index (χ2n) is 4.11. The second kappa shape index (κ2) is 7.99. The van der Waals surface area contributed by atoms with Gasteiger partial charge in [0.1, 0.15) is 0 Å². The average Bonchev–Trinajstić information content (AvgIpc) is 2.82. The summed E-state index contributed by atoms with van der Waals surface area (Å²) in [7, 11) is 1.65. The molecule has 0 spiro atoms. The molecule has 6 nitrogen and oxygen atoms in total. The summed E-state index contributed by atoms with van der Waals surface area (Å²) in [6.07, 6.45) is 1.01. The summed E-state index contributed by atoms with van der Waals surface area (Å²) < 4.78 is 5.00. The van der Waals surface area contributed by atoms with Gasteiger partial charge in [0, 0.05) is 20.2 Å². The van der Waals surface area contributed by atoms with Crippen LogP contribution in [0.5, 0.6) is 0 Å². The van der Waals surface area contributed by atoms with E-state index < -0.39 is 0 Å². The van der Waals surface area contributed by atoms with Crippen LogP contribution in [0, 0.1) is 5.92 Å². The van der Waals surface area contributed by atoms with Crippen molar-refractivity contribution in [1.82, 2.24) is 15.5 Å². The maximum absolute atomic E-state index is 11.8. The topological polar surface area (TPSA) is 76.1 Å². The average molecular weight is 272 g/mol. The predicted octanol–water partition coefficient (Wildman–Crippen LogP) is 1.37. The van der Waals surface area contributed by atoms with E-state index in [1.807, 2.05) is 6.92 Å². The molecule has 0 aliphatic carbocycles. The van der Waals surface area contributed by atoms with E-state index in [4.69, 9.17) is 4.74 Å². The minimum Gasteiger partial charge on any atom is -0.384 e. The van der Waals surface area contributed by atoms with E-state index in [1.54, 1.807) is 7.11 Å². The van der Waals surface area contributed by atoms with E-state index in [0.717, 1.165) is 13.0 Å². The Kier molecular flexibility index (Phi) is 6.59. The Morgan fingerprint density at radius 2 is 2.28 bits per heavy atom. The van der Waals surface area contributed by atoms with Crippen molar-refractivity contribution in [3.8, 4) is 0 Å². The summed E-state index contributed by atoms with van der Waals surface area (Å²) >= 11 is 1.27. The Morgan fingerprint density at radius 1 is 1.50 bits per heavy atom. The Morgan fingerprint density at radius 3 is 2.94 bits per heavy atom. The number of nitrogens with one attached hydrogen (secondary N) is 2. The number of aromatic nitrogens is 2. The van der Waals surface area contributed by atoms with E-state index in [2.05, 4.69) is 27.8 Å². The van der Waals surface area contributed by atoms with Crippen molar-refractivity contribution in [2.75, 3.05) is 32.1 Å². The van der Waals surface area contributed by atoms with Crippen molar-refractivity contribution < 1.29 is 9.53 Å². The Balaban J connectivity index is 2.39. The molecule has 102 valence electrons. The highest BCUT2D eigenvalue weighted by atomic mass is 32.1. The van der Waals surface area contributed by atoms with Crippen LogP contribution in [0.2, 0.25) is 0 Å². The van der Waals surface area contributed by atoms with E-state index in [1.165, 1.54) is 11.3 Å². The molecule has 1 heterocycles. The summed E-state index contributed by atoms with van der Waals surface area (Å²) in [6.45, 7) is 6.11. The first-order chi connectivity index (χ1) is 8.67. The fourth-order valence-corrected chi connectivity index (χ4v) is 1.99. The molecule has 7 heteroatoms. The number of hydrogen-bond donors (Lipinski definition) is 2. The smallest absolute Gasteiger partial charge is 0.282 e. The molecule has 1 rings (SSSR count). The second-order valence-corrected chi connectivity index (χ2v) is 5.09. The summed E-state index contributed by atoms with van der Waals surface area (Å²) in [5, 5.41) is 14.8. The minimum absolute atomic E-state index is 0.181. The highest BCUT2D eigenvalue weighted by Crippen LogP contribution is 2.14. The van der Waals surface area contributed by atoms with E-state index in [9.17, 15) is 4.79 Å². The van der Waals surface area contributed by atoms with Crippen molar-refractivity contribution in [1.29, 1.82) is 0 Å². The van der Waals surface area contributed by atoms with Gasteiger partial charge in [0.2, 0.25) is 10.1 Å². The van der Waals surface area contributed by atoms with Crippen LogP contribution >= 0.6 is 11.3 Å². The van der Waals surface area contributed by atoms with Gasteiger partial charge in [0.15, 0.2) is 0 Å². The van der Waals surface area contributed by atoms with Crippen molar-refractivity contribution in [2.45, 2.75) is 20.3 Å². The van der Waals surface area contributed by atoms with Crippen LogP contribution in [-0.2, 0) is 4.74 Å².